The summed E-state index contributed by atoms with van der Waals surface area (Å²) in [7, 11) is -4.19. The number of nitrogens with one attached hydrogen (secondary N) is 1. The Hall–Kier alpha value is -3.80. The van der Waals surface area contributed by atoms with Gasteiger partial charge < -0.3 is 16.3 Å². The Bertz CT molecular complexity index is 1450. The van der Waals surface area contributed by atoms with Crippen molar-refractivity contribution in [3.8, 4) is 0 Å². The van der Waals surface area contributed by atoms with E-state index in [-0.39, 0.29) is 51.0 Å². The molecule has 1 aliphatic rings. The molecule has 4 rings (SSSR count). The highest BCUT2D eigenvalue weighted by molar-refractivity contribution is 7.92. The van der Waals surface area contributed by atoms with Crippen LogP contribution in [0.1, 0.15) is 43.2 Å². The molecule has 0 atom stereocenters. The van der Waals surface area contributed by atoms with E-state index >= 15 is 0 Å². The fraction of sp³-hybridized carbons (Fsp3) is 0.250. The third-order valence-corrected chi connectivity index (χ3v) is 7.59. The molecule has 0 fully saturated rings. The van der Waals surface area contributed by atoms with E-state index in [4.69, 9.17) is 10.9 Å². The summed E-state index contributed by atoms with van der Waals surface area (Å²) in [4.78, 5) is 3.70. The molecular formula is C24H24F3N5O3S. The summed E-state index contributed by atoms with van der Waals surface area (Å²) < 4.78 is 68.6. The number of anilines is 3. The van der Waals surface area contributed by atoms with Gasteiger partial charge in [-0.3, -0.25) is 4.31 Å². The molecular weight excluding hydrogens is 495 g/mol. The molecule has 0 aliphatic carbocycles. The van der Waals surface area contributed by atoms with E-state index < -0.39 is 21.9 Å². The minimum Gasteiger partial charge on any atom is -0.409 e. The van der Waals surface area contributed by atoms with Crippen LogP contribution in [0.3, 0.4) is 0 Å². The second-order valence-corrected chi connectivity index (χ2v) is 11.2. The molecule has 190 valence electrons. The average molecular weight is 520 g/mol. The number of hydrogen-bond donors (Lipinski definition) is 3. The molecule has 0 amide bonds. The van der Waals surface area contributed by atoms with Gasteiger partial charge in [0.25, 0.3) is 10.0 Å². The van der Waals surface area contributed by atoms with E-state index in [1.807, 2.05) is 20.8 Å². The molecule has 0 radical (unpaired) electrons. The Morgan fingerprint density at radius 1 is 1.08 bits per heavy atom. The monoisotopic (exact) mass is 519 g/mol. The molecule has 3 aromatic rings. The number of alkyl halides is 3. The summed E-state index contributed by atoms with van der Waals surface area (Å²) in [6, 6.07) is 12.7. The zero-order chi connectivity index (χ0) is 26.5. The lowest BCUT2D eigenvalue weighted by Gasteiger charge is -2.25. The van der Waals surface area contributed by atoms with Crippen molar-refractivity contribution in [1.29, 1.82) is 0 Å². The summed E-state index contributed by atoms with van der Waals surface area (Å²) in [5.41, 5.74) is 6.08. The molecule has 0 saturated heterocycles. The number of pyridine rings is 1. The first kappa shape index (κ1) is 25.3. The first-order chi connectivity index (χ1) is 16.7. The third kappa shape index (κ3) is 4.68. The zero-order valence-corrected chi connectivity index (χ0v) is 20.4. The summed E-state index contributed by atoms with van der Waals surface area (Å²) in [5, 5.41) is 14.9. The number of nitrogens with two attached hydrogens (primary N) is 1. The molecule has 1 aromatic heterocycles. The van der Waals surface area contributed by atoms with Gasteiger partial charge in [-0.2, -0.15) is 13.2 Å². The Kier molecular flexibility index (Phi) is 6.11. The molecule has 0 bridgehead atoms. The molecule has 0 saturated carbocycles. The van der Waals surface area contributed by atoms with Crippen LogP contribution in [-0.2, 0) is 28.2 Å². The number of rotatable bonds is 3. The third-order valence-electron chi connectivity index (χ3n) is 5.81. The van der Waals surface area contributed by atoms with E-state index in [9.17, 15) is 21.6 Å². The molecule has 36 heavy (non-hydrogen) atoms. The minimum atomic E-state index is -4.68. The van der Waals surface area contributed by atoms with Gasteiger partial charge in [-0.05, 0) is 47.4 Å². The van der Waals surface area contributed by atoms with Crippen molar-refractivity contribution in [3.05, 3.63) is 77.0 Å². The molecule has 2 heterocycles. The highest BCUT2D eigenvalue weighted by Gasteiger charge is 2.35. The lowest BCUT2D eigenvalue weighted by Crippen LogP contribution is -2.30. The Morgan fingerprint density at radius 3 is 2.33 bits per heavy atom. The van der Waals surface area contributed by atoms with Crippen LogP contribution in [0.4, 0.5) is 30.4 Å². The topological polar surface area (TPSA) is 121 Å². The number of nitrogens with zero attached hydrogens (tertiary/aromatic N) is 3. The minimum absolute atomic E-state index is 0.000953. The maximum absolute atomic E-state index is 13.8. The van der Waals surface area contributed by atoms with Crippen LogP contribution in [0.5, 0.6) is 0 Å². The Morgan fingerprint density at radius 2 is 1.75 bits per heavy atom. The van der Waals surface area contributed by atoms with Crippen molar-refractivity contribution >= 4 is 33.1 Å². The fourth-order valence-electron chi connectivity index (χ4n) is 3.78. The van der Waals surface area contributed by atoms with Crippen LogP contribution < -0.4 is 15.4 Å². The first-order valence-corrected chi connectivity index (χ1v) is 12.3. The predicted octanol–water partition coefficient (Wildman–Crippen LogP) is 4.94. The van der Waals surface area contributed by atoms with E-state index in [2.05, 4.69) is 15.5 Å². The molecule has 8 nitrogen and oxygen atoms in total. The van der Waals surface area contributed by atoms with Crippen molar-refractivity contribution < 1.29 is 26.8 Å². The van der Waals surface area contributed by atoms with Crippen LogP contribution in [0.2, 0.25) is 0 Å². The van der Waals surface area contributed by atoms with Crippen LogP contribution >= 0.6 is 0 Å². The van der Waals surface area contributed by atoms with Gasteiger partial charge >= 0.3 is 6.18 Å². The number of hydrogen-bond acceptors (Lipinski definition) is 6. The lowest BCUT2D eigenvalue weighted by molar-refractivity contribution is -0.141. The standard InChI is InChI=1S/C24H24F3N5O3S/c1-23(2,3)16-6-8-17(9-7-16)36(34,35)32-13-15-5-11-20(24(25,26)27)30-22(15)29-18-10-4-14(12-19(18)32)21(28)31-33/h4-12,33H,13H2,1-3H3,(H2,28,31)(H,29,30). The maximum atomic E-state index is 13.8. The van der Waals surface area contributed by atoms with Crippen molar-refractivity contribution in [3.63, 3.8) is 0 Å². The largest absolute Gasteiger partial charge is 0.433 e. The Labute approximate surface area is 206 Å². The molecule has 2 aromatic carbocycles. The second kappa shape index (κ2) is 8.70. The van der Waals surface area contributed by atoms with E-state index in [0.717, 1.165) is 15.9 Å². The number of aromatic nitrogens is 1. The van der Waals surface area contributed by atoms with Gasteiger partial charge in [-0.1, -0.05) is 44.1 Å². The van der Waals surface area contributed by atoms with Gasteiger partial charge in [0.15, 0.2) is 5.84 Å². The molecule has 1 aliphatic heterocycles. The van der Waals surface area contributed by atoms with E-state index in [1.54, 1.807) is 12.1 Å². The van der Waals surface area contributed by atoms with Crippen molar-refractivity contribution in [2.45, 2.75) is 43.8 Å². The molecule has 4 N–H and O–H groups in total. The smallest absolute Gasteiger partial charge is 0.409 e. The van der Waals surface area contributed by atoms with E-state index in [0.29, 0.717) is 0 Å². The van der Waals surface area contributed by atoms with Gasteiger partial charge in [0.05, 0.1) is 22.8 Å². The molecule has 12 heteroatoms. The normalized spacial score (nSPS) is 14.5. The number of amidine groups is 1. The van der Waals surface area contributed by atoms with Crippen molar-refractivity contribution in [2.24, 2.45) is 10.9 Å². The predicted molar refractivity (Wildman–Crippen MR) is 130 cm³/mol. The first-order valence-electron chi connectivity index (χ1n) is 10.8. The van der Waals surface area contributed by atoms with Gasteiger partial charge in [-0.25, -0.2) is 13.4 Å². The summed E-state index contributed by atoms with van der Waals surface area (Å²) in [6.07, 6.45) is -4.68. The number of oxime groups is 1. The van der Waals surface area contributed by atoms with Gasteiger partial charge in [0.2, 0.25) is 0 Å². The van der Waals surface area contributed by atoms with Gasteiger partial charge in [-0.15, -0.1) is 0 Å². The number of benzene rings is 2. The Balaban J connectivity index is 1.89. The summed E-state index contributed by atoms with van der Waals surface area (Å²) >= 11 is 0. The lowest BCUT2D eigenvalue weighted by atomic mass is 9.87. The van der Waals surface area contributed by atoms with Gasteiger partial charge in [0, 0.05) is 11.1 Å². The highest BCUT2D eigenvalue weighted by Crippen LogP contribution is 2.40. The fourth-order valence-corrected chi connectivity index (χ4v) is 5.23. The second-order valence-electron chi connectivity index (χ2n) is 9.33. The van der Waals surface area contributed by atoms with Crippen molar-refractivity contribution in [2.75, 3.05) is 9.62 Å². The zero-order valence-electron chi connectivity index (χ0n) is 19.6. The van der Waals surface area contributed by atoms with E-state index in [1.165, 1.54) is 36.4 Å². The molecule has 0 unspecified atom stereocenters. The summed E-state index contributed by atoms with van der Waals surface area (Å²) in [5.74, 6) is -0.382. The van der Waals surface area contributed by atoms with Crippen LogP contribution in [0.25, 0.3) is 0 Å². The van der Waals surface area contributed by atoms with Crippen molar-refractivity contribution in [1.82, 2.24) is 4.98 Å². The van der Waals surface area contributed by atoms with Crippen LogP contribution in [0, 0.1) is 0 Å². The quantitative estimate of drug-likeness (QED) is 0.195. The van der Waals surface area contributed by atoms with Crippen LogP contribution in [0.15, 0.2) is 64.6 Å². The summed E-state index contributed by atoms with van der Waals surface area (Å²) in [6.45, 7) is 5.70. The number of halogens is 3. The van der Waals surface area contributed by atoms with Gasteiger partial charge in [0.1, 0.15) is 11.5 Å². The SMILES string of the molecule is CC(C)(C)c1ccc(S(=O)(=O)N2Cc3ccc(C(F)(F)F)nc3Nc3ccc(/C(N)=N/O)cc32)cc1. The number of sulfonamides is 1. The average Bonchev–Trinajstić information content (AvgIpc) is 2.98. The number of fused-ring (bicyclic) bond motifs is 2. The molecule has 0 spiro atoms. The maximum Gasteiger partial charge on any atom is 0.433 e. The highest BCUT2D eigenvalue weighted by atomic mass is 32.2. The van der Waals surface area contributed by atoms with Crippen LogP contribution in [-0.4, -0.2) is 24.4 Å².